The molecule has 7 nitrogen and oxygen atoms in total. The summed E-state index contributed by atoms with van der Waals surface area (Å²) in [5.74, 6) is 2.25. The highest BCUT2D eigenvalue weighted by molar-refractivity contribution is 6.10. The highest BCUT2D eigenvalue weighted by atomic mass is 16.7. The lowest BCUT2D eigenvalue weighted by atomic mass is 10.0. The third-order valence-corrected chi connectivity index (χ3v) is 5.35. The Morgan fingerprint density at radius 3 is 2.44 bits per heavy atom. The first-order valence-corrected chi connectivity index (χ1v) is 10.3. The lowest BCUT2D eigenvalue weighted by molar-refractivity contribution is -0.0981. The Bertz CT molecular complexity index is 1050. The number of hydrogen-bond acceptors (Lipinski definition) is 7. The van der Waals surface area contributed by atoms with E-state index >= 15 is 0 Å². The SMILES string of the molecule is C=C1C=C(N2OCC[C@H]2c2ccccc2)C=CN=C1Nc1cc(OC)c(OC)c(OC)c1. The fourth-order valence-corrected chi connectivity index (χ4v) is 3.81. The number of nitrogens with zero attached hydrogens (tertiary/aromatic N) is 2. The summed E-state index contributed by atoms with van der Waals surface area (Å²) in [5, 5.41) is 5.24. The molecule has 0 aromatic heterocycles. The van der Waals surface area contributed by atoms with E-state index in [9.17, 15) is 0 Å². The van der Waals surface area contributed by atoms with Crippen molar-refractivity contribution in [1.29, 1.82) is 0 Å². The first-order chi connectivity index (χ1) is 15.6. The van der Waals surface area contributed by atoms with Gasteiger partial charge in [-0.25, -0.2) is 10.1 Å². The van der Waals surface area contributed by atoms with E-state index in [1.54, 1.807) is 27.5 Å². The van der Waals surface area contributed by atoms with E-state index in [1.807, 2.05) is 47.5 Å². The quantitative estimate of drug-likeness (QED) is 0.701. The number of ether oxygens (including phenoxy) is 3. The summed E-state index contributed by atoms with van der Waals surface area (Å²) in [7, 11) is 4.74. The van der Waals surface area contributed by atoms with Crippen LogP contribution in [0.5, 0.6) is 17.2 Å². The topological polar surface area (TPSA) is 64.6 Å². The minimum atomic E-state index is 0.143. The molecule has 2 heterocycles. The summed E-state index contributed by atoms with van der Waals surface area (Å²) in [4.78, 5) is 10.5. The molecule has 7 heteroatoms. The molecule has 1 atom stereocenters. The van der Waals surface area contributed by atoms with E-state index in [1.165, 1.54) is 5.56 Å². The first-order valence-electron chi connectivity index (χ1n) is 10.3. The third kappa shape index (κ3) is 4.33. The van der Waals surface area contributed by atoms with E-state index in [4.69, 9.17) is 19.0 Å². The molecule has 4 rings (SSSR count). The van der Waals surface area contributed by atoms with Crippen molar-refractivity contribution in [2.24, 2.45) is 4.99 Å². The molecule has 0 amide bonds. The number of methoxy groups -OCH3 is 3. The molecular formula is C25H27N3O4. The van der Waals surface area contributed by atoms with Crippen LogP contribution < -0.4 is 19.5 Å². The van der Waals surface area contributed by atoms with E-state index < -0.39 is 0 Å². The van der Waals surface area contributed by atoms with Crippen molar-refractivity contribution in [3.05, 3.63) is 84.2 Å². The fraction of sp³-hybridized carbons (Fsp3) is 0.240. The maximum Gasteiger partial charge on any atom is 0.203 e. The zero-order valence-electron chi connectivity index (χ0n) is 18.5. The summed E-state index contributed by atoms with van der Waals surface area (Å²) in [6, 6.07) is 14.1. The zero-order chi connectivity index (χ0) is 22.5. The van der Waals surface area contributed by atoms with Gasteiger partial charge in [0.25, 0.3) is 0 Å². The molecule has 32 heavy (non-hydrogen) atoms. The summed E-state index contributed by atoms with van der Waals surface area (Å²) < 4.78 is 16.3. The lowest BCUT2D eigenvalue weighted by Gasteiger charge is -2.25. The second kappa shape index (κ2) is 9.62. The number of aliphatic imine (C=N–C) groups is 1. The minimum Gasteiger partial charge on any atom is -0.493 e. The Kier molecular flexibility index (Phi) is 6.47. The summed E-state index contributed by atoms with van der Waals surface area (Å²) in [5.41, 5.74) is 3.57. The van der Waals surface area contributed by atoms with Crippen molar-refractivity contribution in [3.8, 4) is 17.2 Å². The normalized spacial score (nSPS) is 18.0. The van der Waals surface area contributed by atoms with Crippen LogP contribution in [0.4, 0.5) is 5.69 Å². The van der Waals surface area contributed by atoms with Crippen molar-refractivity contribution in [1.82, 2.24) is 5.06 Å². The molecule has 0 saturated carbocycles. The molecule has 0 unspecified atom stereocenters. The standard InChI is InChI=1S/C25H27N3O4/c1-17-14-20(28-21(11-13-32-28)18-8-6-5-7-9-18)10-12-26-25(17)27-19-15-22(29-2)24(31-4)23(16-19)30-3/h5-10,12,14-16,21H,1,11,13H2,2-4H3,(H,26,27)/t21-/m0/s1. The van der Waals surface area contributed by atoms with Crippen LogP contribution in [0.1, 0.15) is 18.0 Å². The van der Waals surface area contributed by atoms with Crippen molar-refractivity contribution in [2.45, 2.75) is 12.5 Å². The zero-order valence-corrected chi connectivity index (χ0v) is 18.5. The lowest BCUT2D eigenvalue weighted by Crippen LogP contribution is -2.21. The Balaban J connectivity index is 1.56. The van der Waals surface area contributed by atoms with Gasteiger partial charge in [0, 0.05) is 36.0 Å². The van der Waals surface area contributed by atoms with E-state index in [-0.39, 0.29) is 6.04 Å². The molecule has 2 aromatic rings. The molecular weight excluding hydrogens is 406 g/mol. The molecule has 1 N–H and O–H groups in total. The number of allylic oxidation sites excluding steroid dienone is 1. The first kappa shape index (κ1) is 21.5. The number of nitrogens with one attached hydrogen (secondary N) is 1. The van der Waals surface area contributed by atoms with Gasteiger partial charge >= 0.3 is 0 Å². The van der Waals surface area contributed by atoms with Crippen LogP contribution in [0.15, 0.2) is 83.7 Å². The number of amidine groups is 1. The van der Waals surface area contributed by atoms with Gasteiger partial charge < -0.3 is 19.5 Å². The van der Waals surface area contributed by atoms with E-state index in [2.05, 4.69) is 29.0 Å². The Labute approximate surface area is 188 Å². The van der Waals surface area contributed by atoms with Gasteiger partial charge in [-0.15, -0.1) is 0 Å². The Morgan fingerprint density at radius 1 is 1.06 bits per heavy atom. The molecule has 2 aromatic carbocycles. The molecule has 0 spiro atoms. The second-order valence-corrected chi connectivity index (χ2v) is 7.30. The summed E-state index contributed by atoms with van der Waals surface area (Å²) >= 11 is 0. The highest BCUT2D eigenvalue weighted by Crippen LogP contribution is 2.40. The van der Waals surface area contributed by atoms with Gasteiger partial charge in [0.15, 0.2) is 11.5 Å². The maximum atomic E-state index is 5.96. The van der Waals surface area contributed by atoms with Gasteiger partial charge in [-0.1, -0.05) is 36.9 Å². The Hall–Kier alpha value is -3.71. The van der Waals surface area contributed by atoms with Crippen molar-refractivity contribution in [3.63, 3.8) is 0 Å². The van der Waals surface area contributed by atoms with Gasteiger partial charge in [0.1, 0.15) is 5.84 Å². The number of rotatable bonds is 6. The van der Waals surface area contributed by atoms with Gasteiger partial charge in [-0.05, 0) is 17.7 Å². The van der Waals surface area contributed by atoms with Crippen molar-refractivity contribution >= 4 is 11.5 Å². The fourth-order valence-electron chi connectivity index (χ4n) is 3.81. The number of hydroxylamine groups is 2. The van der Waals surface area contributed by atoms with Crippen LogP contribution in [0, 0.1) is 0 Å². The predicted molar refractivity (Wildman–Crippen MR) is 125 cm³/mol. The van der Waals surface area contributed by atoms with Gasteiger partial charge in [0.2, 0.25) is 5.75 Å². The number of anilines is 1. The van der Waals surface area contributed by atoms with E-state index in [0.717, 1.165) is 23.4 Å². The van der Waals surface area contributed by atoms with Gasteiger partial charge in [0.05, 0.1) is 39.7 Å². The van der Waals surface area contributed by atoms with Crippen LogP contribution >= 0.6 is 0 Å². The average molecular weight is 434 g/mol. The second-order valence-electron chi connectivity index (χ2n) is 7.30. The number of benzene rings is 2. The highest BCUT2D eigenvalue weighted by Gasteiger charge is 2.29. The maximum absolute atomic E-state index is 5.96. The minimum absolute atomic E-state index is 0.143. The van der Waals surface area contributed by atoms with Gasteiger partial charge in [-0.3, -0.25) is 4.84 Å². The van der Waals surface area contributed by atoms with Crippen LogP contribution in [0.3, 0.4) is 0 Å². The molecule has 2 aliphatic heterocycles. The summed E-state index contributed by atoms with van der Waals surface area (Å²) in [6.45, 7) is 4.87. The van der Waals surface area contributed by atoms with Crippen LogP contribution in [-0.4, -0.2) is 38.8 Å². The number of hydrogen-bond donors (Lipinski definition) is 1. The third-order valence-electron chi connectivity index (χ3n) is 5.35. The van der Waals surface area contributed by atoms with Crippen molar-refractivity contribution < 1.29 is 19.0 Å². The largest absolute Gasteiger partial charge is 0.493 e. The molecule has 166 valence electrons. The molecule has 0 bridgehead atoms. The van der Waals surface area contributed by atoms with Crippen LogP contribution in [0.25, 0.3) is 0 Å². The summed E-state index contributed by atoms with van der Waals surface area (Å²) in [6.07, 6.45) is 6.55. The van der Waals surface area contributed by atoms with E-state index in [0.29, 0.717) is 29.7 Å². The smallest absolute Gasteiger partial charge is 0.203 e. The molecule has 1 fully saturated rings. The predicted octanol–water partition coefficient (Wildman–Crippen LogP) is 4.87. The molecule has 2 aliphatic rings. The monoisotopic (exact) mass is 433 g/mol. The molecule has 0 aliphatic carbocycles. The molecule has 1 saturated heterocycles. The van der Waals surface area contributed by atoms with Crippen LogP contribution in [0.2, 0.25) is 0 Å². The Morgan fingerprint density at radius 2 is 1.78 bits per heavy atom. The van der Waals surface area contributed by atoms with Crippen LogP contribution in [-0.2, 0) is 4.84 Å². The van der Waals surface area contributed by atoms with Crippen molar-refractivity contribution in [2.75, 3.05) is 33.3 Å². The van der Waals surface area contributed by atoms with Gasteiger partial charge in [-0.2, -0.15) is 0 Å². The average Bonchev–Trinajstić information content (AvgIpc) is 3.25. The molecule has 0 radical (unpaired) electrons.